The fourth-order valence-electron chi connectivity index (χ4n) is 7.48. The van der Waals surface area contributed by atoms with Crippen molar-refractivity contribution in [1.82, 2.24) is 0 Å². The van der Waals surface area contributed by atoms with E-state index in [-0.39, 0.29) is 23.0 Å². The minimum absolute atomic E-state index is 0.0227. The summed E-state index contributed by atoms with van der Waals surface area (Å²) in [5.74, 6) is 2.04. The minimum atomic E-state index is -0.324. The first-order chi connectivity index (χ1) is 12.4. The second-order valence-electron chi connectivity index (χ2n) is 9.56. The molecular formula is C21H30O5. The van der Waals surface area contributed by atoms with Gasteiger partial charge in [0.15, 0.2) is 0 Å². The number of ketones is 1. The van der Waals surface area contributed by atoms with E-state index in [1.165, 1.54) is 0 Å². The van der Waals surface area contributed by atoms with Gasteiger partial charge < -0.3 is 9.47 Å². The van der Waals surface area contributed by atoms with E-state index in [9.17, 15) is 14.4 Å². The van der Waals surface area contributed by atoms with Gasteiger partial charge in [-0.15, -0.1) is 0 Å². The standard InChI is InChI=1S/C21H30O5/c1-20-8-7-14(25-11-22)9-13(20)3-4-15-16-5-6-18(24)21(16,2)10-17(19(15)20)26-12-23/h11-17,19H,3-10H2,1-2H3. The van der Waals surface area contributed by atoms with E-state index >= 15 is 0 Å². The van der Waals surface area contributed by atoms with Crippen molar-refractivity contribution < 1.29 is 23.9 Å². The van der Waals surface area contributed by atoms with Crippen molar-refractivity contribution >= 4 is 18.7 Å². The van der Waals surface area contributed by atoms with Crippen LogP contribution in [-0.4, -0.2) is 30.9 Å². The molecule has 4 aliphatic rings. The molecule has 0 aromatic heterocycles. The quantitative estimate of drug-likeness (QED) is 0.718. The molecule has 0 spiro atoms. The van der Waals surface area contributed by atoms with Crippen molar-refractivity contribution in [1.29, 1.82) is 0 Å². The van der Waals surface area contributed by atoms with Crippen LogP contribution < -0.4 is 0 Å². The molecule has 4 rings (SSSR count). The molecule has 8 atom stereocenters. The predicted molar refractivity (Wildman–Crippen MR) is 94.0 cm³/mol. The molecule has 4 saturated carbocycles. The van der Waals surface area contributed by atoms with E-state index in [0.717, 1.165) is 38.5 Å². The average Bonchev–Trinajstić information content (AvgIpc) is 2.90. The predicted octanol–water partition coefficient (Wildman–Crippen LogP) is 3.29. The van der Waals surface area contributed by atoms with Crippen LogP contribution >= 0.6 is 0 Å². The Hall–Kier alpha value is -1.39. The highest BCUT2D eigenvalue weighted by Gasteiger charge is 2.64. The lowest BCUT2D eigenvalue weighted by molar-refractivity contribution is -0.190. The minimum Gasteiger partial charge on any atom is -0.465 e. The Kier molecular flexibility index (Phi) is 4.39. The molecule has 8 unspecified atom stereocenters. The summed E-state index contributed by atoms with van der Waals surface area (Å²) in [6, 6.07) is 0. The zero-order valence-electron chi connectivity index (χ0n) is 15.8. The van der Waals surface area contributed by atoms with Gasteiger partial charge in [-0.25, -0.2) is 0 Å². The van der Waals surface area contributed by atoms with E-state index in [4.69, 9.17) is 9.47 Å². The second-order valence-corrected chi connectivity index (χ2v) is 9.56. The summed E-state index contributed by atoms with van der Waals surface area (Å²) in [6.45, 7) is 5.62. The highest BCUT2D eigenvalue weighted by Crippen LogP contribution is 2.66. The molecule has 0 aromatic rings. The summed E-state index contributed by atoms with van der Waals surface area (Å²) in [6.07, 6.45) is 7.18. The van der Waals surface area contributed by atoms with Gasteiger partial charge in [0, 0.05) is 17.8 Å². The number of hydrogen-bond acceptors (Lipinski definition) is 5. The molecule has 0 aromatic carbocycles. The highest BCUT2D eigenvalue weighted by molar-refractivity contribution is 5.87. The molecule has 0 heterocycles. The molecule has 0 bridgehead atoms. The van der Waals surface area contributed by atoms with Gasteiger partial charge in [0.25, 0.3) is 12.9 Å². The van der Waals surface area contributed by atoms with Gasteiger partial charge in [-0.1, -0.05) is 13.8 Å². The lowest BCUT2D eigenvalue weighted by Gasteiger charge is -2.61. The maximum atomic E-state index is 12.6. The zero-order valence-corrected chi connectivity index (χ0v) is 15.8. The number of carbonyl (C=O) groups is 3. The third-order valence-corrected chi connectivity index (χ3v) is 8.71. The van der Waals surface area contributed by atoms with Gasteiger partial charge in [0.1, 0.15) is 18.0 Å². The molecule has 144 valence electrons. The van der Waals surface area contributed by atoms with Gasteiger partial charge in [0.05, 0.1) is 0 Å². The molecule has 5 heteroatoms. The largest absolute Gasteiger partial charge is 0.465 e. The van der Waals surface area contributed by atoms with E-state index in [1.54, 1.807) is 0 Å². The molecule has 0 aliphatic heterocycles. The topological polar surface area (TPSA) is 69.7 Å². The smallest absolute Gasteiger partial charge is 0.293 e. The molecule has 0 N–H and O–H groups in total. The van der Waals surface area contributed by atoms with E-state index in [1.807, 2.05) is 0 Å². The third-order valence-electron chi connectivity index (χ3n) is 8.71. The number of ether oxygens (including phenoxy) is 2. The molecule has 4 fully saturated rings. The molecule has 26 heavy (non-hydrogen) atoms. The highest BCUT2D eigenvalue weighted by atomic mass is 16.5. The lowest BCUT2D eigenvalue weighted by atomic mass is 9.44. The summed E-state index contributed by atoms with van der Waals surface area (Å²) in [5, 5.41) is 0. The van der Waals surface area contributed by atoms with Gasteiger partial charge in [-0.3, -0.25) is 14.4 Å². The van der Waals surface area contributed by atoms with Crippen LogP contribution in [0, 0.1) is 34.5 Å². The van der Waals surface area contributed by atoms with Gasteiger partial charge in [-0.2, -0.15) is 0 Å². The Morgan fingerprint density at radius 1 is 1.04 bits per heavy atom. The summed E-state index contributed by atoms with van der Waals surface area (Å²) in [7, 11) is 0. The Bertz CT molecular complexity index is 603. The van der Waals surface area contributed by atoms with Crippen LogP contribution in [0.3, 0.4) is 0 Å². The number of Topliss-reactive ketones (excluding diaryl/α,β-unsaturated/α-hetero) is 1. The van der Waals surface area contributed by atoms with Crippen LogP contribution in [0.5, 0.6) is 0 Å². The van der Waals surface area contributed by atoms with Crippen LogP contribution in [0.25, 0.3) is 0 Å². The van der Waals surface area contributed by atoms with Crippen LogP contribution in [0.2, 0.25) is 0 Å². The molecule has 0 radical (unpaired) electrons. The van der Waals surface area contributed by atoms with Crippen molar-refractivity contribution in [3.05, 3.63) is 0 Å². The van der Waals surface area contributed by atoms with Crippen molar-refractivity contribution in [2.24, 2.45) is 34.5 Å². The molecule has 4 aliphatic carbocycles. The average molecular weight is 362 g/mol. The maximum Gasteiger partial charge on any atom is 0.293 e. The maximum absolute atomic E-state index is 12.6. The van der Waals surface area contributed by atoms with E-state index in [0.29, 0.717) is 55.2 Å². The zero-order chi connectivity index (χ0) is 18.5. The third kappa shape index (κ3) is 2.45. The van der Waals surface area contributed by atoms with Gasteiger partial charge >= 0.3 is 0 Å². The number of rotatable bonds is 4. The number of fused-ring (bicyclic) bond motifs is 5. The van der Waals surface area contributed by atoms with E-state index in [2.05, 4.69) is 13.8 Å². The van der Waals surface area contributed by atoms with Crippen molar-refractivity contribution in [2.45, 2.75) is 77.4 Å². The Labute approximate surface area is 155 Å². The molecular weight excluding hydrogens is 332 g/mol. The summed E-state index contributed by atoms with van der Waals surface area (Å²) >= 11 is 0. The van der Waals surface area contributed by atoms with Crippen molar-refractivity contribution in [3.63, 3.8) is 0 Å². The first-order valence-corrected chi connectivity index (χ1v) is 10.2. The monoisotopic (exact) mass is 362 g/mol. The molecule has 0 saturated heterocycles. The first-order valence-electron chi connectivity index (χ1n) is 10.2. The Morgan fingerprint density at radius 3 is 2.54 bits per heavy atom. The molecule has 5 nitrogen and oxygen atoms in total. The fraction of sp³-hybridized carbons (Fsp3) is 0.857. The van der Waals surface area contributed by atoms with Crippen molar-refractivity contribution in [2.75, 3.05) is 0 Å². The normalized spacial score (nSPS) is 50.2. The van der Waals surface area contributed by atoms with Crippen LogP contribution in [0.15, 0.2) is 0 Å². The number of carbonyl (C=O) groups excluding carboxylic acids is 3. The fourth-order valence-corrected chi connectivity index (χ4v) is 7.48. The first kappa shape index (κ1) is 18.0. The van der Waals surface area contributed by atoms with Crippen molar-refractivity contribution in [3.8, 4) is 0 Å². The van der Waals surface area contributed by atoms with Gasteiger partial charge in [0.2, 0.25) is 0 Å². The Balaban J connectivity index is 1.66. The van der Waals surface area contributed by atoms with Crippen LogP contribution in [0.1, 0.15) is 65.2 Å². The second kappa shape index (κ2) is 6.35. The summed E-state index contributed by atoms with van der Waals surface area (Å²) in [5.41, 5.74) is -0.234. The van der Waals surface area contributed by atoms with Crippen LogP contribution in [-0.2, 0) is 23.9 Å². The molecule has 0 amide bonds. The Morgan fingerprint density at radius 2 is 1.81 bits per heavy atom. The van der Waals surface area contributed by atoms with Gasteiger partial charge in [-0.05, 0) is 68.1 Å². The SMILES string of the molecule is CC12CC(OC=O)C3C(CCC4CC(OC=O)CCC43C)C1CCC2=O. The van der Waals surface area contributed by atoms with E-state index < -0.39 is 0 Å². The van der Waals surface area contributed by atoms with Crippen LogP contribution in [0.4, 0.5) is 0 Å². The summed E-state index contributed by atoms with van der Waals surface area (Å²) < 4.78 is 10.9. The lowest BCUT2D eigenvalue weighted by Crippen LogP contribution is -2.59. The summed E-state index contributed by atoms with van der Waals surface area (Å²) in [4.78, 5) is 34.7. The number of hydrogen-bond donors (Lipinski definition) is 0.